The molecule has 0 spiro atoms. The van der Waals surface area contributed by atoms with Crippen LogP contribution in [0.4, 0.5) is 0 Å². The van der Waals surface area contributed by atoms with Gasteiger partial charge in [0.15, 0.2) is 0 Å². The summed E-state index contributed by atoms with van der Waals surface area (Å²) >= 11 is 0. The monoisotopic (exact) mass is 223 g/mol. The van der Waals surface area contributed by atoms with Crippen LogP contribution in [0.5, 0.6) is 5.75 Å². The van der Waals surface area contributed by atoms with Crippen LogP contribution in [0.2, 0.25) is 0 Å². The van der Waals surface area contributed by atoms with Gasteiger partial charge in [-0.3, -0.25) is 0 Å². The minimum Gasteiger partial charge on any atom is -0.496 e. The minimum atomic E-state index is 0.0928. The number of benzene rings is 1. The second kappa shape index (κ2) is 6.51. The Morgan fingerprint density at radius 2 is 2.06 bits per heavy atom. The van der Waals surface area contributed by atoms with Crippen LogP contribution < -0.4 is 10.5 Å². The standard InChI is InChI=1S/C13H21NO2/c1-10-4-7-13(16-3)11(8-10)5-6-12(14)9-15-2/h4,7-8,12H,5-6,9,14H2,1-3H3. The average molecular weight is 223 g/mol. The lowest BCUT2D eigenvalue weighted by Crippen LogP contribution is -2.26. The Hall–Kier alpha value is -1.06. The summed E-state index contributed by atoms with van der Waals surface area (Å²) in [6, 6.07) is 6.30. The van der Waals surface area contributed by atoms with E-state index in [4.69, 9.17) is 15.2 Å². The van der Waals surface area contributed by atoms with E-state index >= 15 is 0 Å². The minimum absolute atomic E-state index is 0.0928. The van der Waals surface area contributed by atoms with Crippen LogP contribution in [0.25, 0.3) is 0 Å². The zero-order valence-electron chi connectivity index (χ0n) is 10.3. The maximum Gasteiger partial charge on any atom is 0.122 e. The Labute approximate surface area is 97.6 Å². The zero-order chi connectivity index (χ0) is 12.0. The van der Waals surface area contributed by atoms with Crippen molar-refractivity contribution in [2.75, 3.05) is 20.8 Å². The van der Waals surface area contributed by atoms with E-state index in [2.05, 4.69) is 19.1 Å². The molecule has 90 valence electrons. The van der Waals surface area contributed by atoms with Crippen LogP contribution in [0.15, 0.2) is 18.2 Å². The van der Waals surface area contributed by atoms with Crippen LogP contribution >= 0.6 is 0 Å². The van der Waals surface area contributed by atoms with Crippen LogP contribution in [0, 0.1) is 6.92 Å². The highest BCUT2D eigenvalue weighted by Crippen LogP contribution is 2.21. The fourth-order valence-electron chi connectivity index (χ4n) is 1.74. The summed E-state index contributed by atoms with van der Waals surface area (Å²) in [4.78, 5) is 0. The first kappa shape index (κ1) is 13.0. The summed E-state index contributed by atoms with van der Waals surface area (Å²) in [6.07, 6.45) is 1.84. The molecule has 0 aliphatic heterocycles. The van der Waals surface area contributed by atoms with E-state index in [1.807, 2.05) is 6.07 Å². The highest BCUT2D eigenvalue weighted by molar-refractivity contribution is 5.36. The number of rotatable bonds is 6. The first-order valence-electron chi connectivity index (χ1n) is 5.55. The van der Waals surface area contributed by atoms with Crippen molar-refractivity contribution in [3.8, 4) is 5.75 Å². The van der Waals surface area contributed by atoms with Crippen molar-refractivity contribution in [1.29, 1.82) is 0 Å². The summed E-state index contributed by atoms with van der Waals surface area (Å²) in [7, 11) is 3.37. The Bertz CT molecular complexity index is 326. The van der Waals surface area contributed by atoms with Gasteiger partial charge < -0.3 is 15.2 Å². The highest BCUT2D eigenvalue weighted by atomic mass is 16.5. The van der Waals surface area contributed by atoms with E-state index in [-0.39, 0.29) is 6.04 Å². The van der Waals surface area contributed by atoms with Crippen molar-refractivity contribution in [3.63, 3.8) is 0 Å². The first-order valence-corrected chi connectivity index (χ1v) is 5.55. The van der Waals surface area contributed by atoms with E-state index < -0.39 is 0 Å². The Balaban J connectivity index is 2.61. The van der Waals surface area contributed by atoms with Gasteiger partial charge in [-0.15, -0.1) is 0 Å². The molecule has 0 bridgehead atoms. The molecule has 0 fully saturated rings. The summed E-state index contributed by atoms with van der Waals surface area (Å²) < 4.78 is 10.3. The molecule has 1 unspecified atom stereocenters. The fourth-order valence-corrected chi connectivity index (χ4v) is 1.74. The molecular weight excluding hydrogens is 202 g/mol. The lowest BCUT2D eigenvalue weighted by atomic mass is 10.0. The molecule has 3 heteroatoms. The lowest BCUT2D eigenvalue weighted by molar-refractivity contribution is 0.177. The molecule has 0 aliphatic rings. The topological polar surface area (TPSA) is 44.5 Å². The summed E-state index contributed by atoms with van der Waals surface area (Å²) in [5.41, 5.74) is 8.36. The van der Waals surface area contributed by atoms with E-state index in [1.54, 1.807) is 14.2 Å². The molecule has 0 saturated carbocycles. The summed E-state index contributed by atoms with van der Waals surface area (Å²) in [6.45, 7) is 2.69. The van der Waals surface area contributed by atoms with Gasteiger partial charge >= 0.3 is 0 Å². The Morgan fingerprint density at radius 1 is 1.31 bits per heavy atom. The zero-order valence-corrected chi connectivity index (χ0v) is 10.3. The van der Waals surface area contributed by atoms with Gasteiger partial charge in [-0.1, -0.05) is 17.7 Å². The predicted octanol–water partition coefficient (Wildman–Crippen LogP) is 1.91. The van der Waals surface area contributed by atoms with E-state index in [0.29, 0.717) is 6.61 Å². The van der Waals surface area contributed by atoms with Crippen LogP contribution in [0.3, 0.4) is 0 Å². The van der Waals surface area contributed by atoms with Crippen LogP contribution in [-0.2, 0) is 11.2 Å². The van der Waals surface area contributed by atoms with Crippen molar-refractivity contribution < 1.29 is 9.47 Å². The van der Waals surface area contributed by atoms with E-state index in [9.17, 15) is 0 Å². The largest absolute Gasteiger partial charge is 0.496 e. The van der Waals surface area contributed by atoms with Crippen molar-refractivity contribution >= 4 is 0 Å². The first-order chi connectivity index (χ1) is 7.67. The van der Waals surface area contributed by atoms with Gasteiger partial charge in [0.2, 0.25) is 0 Å². The third kappa shape index (κ3) is 3.83. The van der Waals surface area contributed by atoms with Crippen molar-refractivity contribution in [2.24, 2.45) is 5.73 Å². The predicted molar refractivity (Wildman–Crippen MR) is 65.9 cm³/mol. The molecule has 1 rings (SSSR count). The summed E-state index contributed by atoms with van der Waals surface area (Å²) in [5, 5.41) is 0. The molecule has 1 aromatic rings. The van der Waals surface area contributed by atoms with Gasteiger partial charge in [0, 0.05) is 13.2 Å². The fraction of sp³-hybridized carbons (Fsp3) is 0.538. The molecular formula is C13H21NO2. The molecule has 1 aromatic carbocycles. The van der Waals surface area contributed by atoms with Gasteiger partial charge in [-0.05, 0) is 31.4 Å². The number of aryl methyl sites for hydroxylation is 2. The van der Waals surface area contributed by atoms with Gasteiger partial charge in [0.1, 0.15) is 5.75 Å². The maximum atomic E-state index is 5.90. The van der Waals surface area contributed by atoms with Crippen molar-refractivity contribution in [2.45, 2.75) is 25.8 Å². The Morgan fingerprint density at radius 3 is 2.69 bits per heavy atom. The maximum absolute atomic E-state index is 5.90. The molecule has 0 heterocycles. The van der Waals surface area contributed by atoms with Gasteiger partial charge in [0.25, 0.3) is 0 Å². The quantitative estimate of drug-likeness (QED) is 0.801. The highest BCUT2D eigenvalue weighted by Gasteiger charge is 2.06. The van der Waals surface area contributed by atoms with E-state index in [1.165, 1.54) is 11.1 Å². The number of hydrogen-bond donors (Lipinski definition) is 1. The second-order valence-corrected chi connectivity index (χ2v) is 4.07. The van der Waals surface area contributed by atoms with E-state index in [0.717, 1.165) is 18.6 Å². The third-order valence-electron chi connectivity index (χ3n) is 2.60. The van der Waals surface area contributed by atoms with Crippen molar-refractivity contribution in [3.05, 3.63) is 29.3 Å². The molecule has 3 nitrogen and oxygen atoms in total. The van der Waals surface area contributed by atoms with Gasteiger partial charge in [0.05, 0.1) is 13.7 Å². The lowest BCUT2D eigenvalue weighted by Gasteiger charge is -2.13. The third-order valence-corrected chi connectivity index (χ3v) is 2.60. The number of nitrogens with two attached hydrogens (primary N) is 1. The molecule has 1 atom stereocenters. The molecule has 0 radical (unpaired) electrons. The average Bonchev–Trinajstić information content (AvgIpc) is 2.27. The smallest absolute Gasteiger partial charge is 0.122 e. The molecule has 16 heavy (non-hydrogen) atoms. The molecule has 0 aliphatic carbocycles. The van der Waals surface area contributed by atoms with Crippen LogP contribution in [-0.4, -0.2) is 26.9 Å². The normalized spacial score (nSPS) is 12.5. The number of methoxy groups -OCH3 is 2. The summed E-state index contributed by atoms with van der Waals surface area (Å²) in [5.74, 6) is 0.940. The molecule has 0 saturated heterocycles. The number of ether oxygens (including phenoxy) is 2. The van der Waals surface area contributed by atoms with Gasteiger partial charge in [-0.2, -0.15) is 0 Å². The van der Waals surface area contributed by atoms with Gasteiger partial charge in [-0.25, -0.2) is 0 Å². The van der Waals surface area contributed by atoms with Crippen molar-refractivity contribution in [1.82, 2.24) is 0 Å². The number of hydrogen-bond acceptors (Lipinski definition) is 3. The SMILES string of the molecule is COCC(N)CCc1cc(C)ccc1OC. The van der Waals surface area contributed by atoms with Crippen LogP contribution in [0.1, 0.15) is 17.5 Å². The molecule has 2 N–H and O–H groups in total. The Kier molecular flexibility index (Phi) is 5.29. The second-order valence-electron chi connectivity index (χ2n) is 4.07. The molecule has 0 amide bonds. The molecule has 0 aromatic heterocycles.